The Bertz CT molecular complexity index is 672. The first-order valence-electron chi connectivity index (χ1n) is 7.60. The van der Waals surface area contributed by atoms with E-state index in [4.69, 9.17) is 5.11 Å². The predicted octanol–water partition coefficient (Wildman–Crippen LogP) is 0.655. The highest BCUT2D eigenvalue weighted by Crippen LogP contribution is 2.15. The highest BCUT2D eigenvalue weighted by molar-refractivity contribution is 5.97. The lowest BCUT2D eigenvalue weighted by molar-refractivity contribution is -0.140. The summed E-state index contributed by atoms with van der Waals surface area (Å²) in [7, 11) is 1.31. The minimum atomic E-state index is -0.390. The van der Waals surface area contributed by atoms with Gasteiger partial charge in [0, 0.05) is 19.7 Å². The Kier molecular flexibility index (Phi) is 6.44. The quantitative estimate of drug-likeness (QED) is 0.713. The number of carbonyl (C=O) groups is 2. The van der Waals surface area contributed by atoms with Crippen molar-refractivity contribution in [3.63, 3.8) is 0 Å². The molecule has 0 fully saturated rings. The number of hydrogen-bond acceptors (Lipinski definition) is 6. The van der Waals surface area contributed by atoms with Crippen LogP contribution in [0.2, 0.25) is 0 Å². The van der Waals surface area contributed by atoms with Crippen LogP contribution in [-0.2, 0) is 9.53 Å². The number of nitrogens with zero attached hydrogens (tertiary/aromatic N) is 4. The Balaban J connectivity index is 2.24. The van der Waals surface area contributed by atoms with Gasteiger partial charge in [-0.2, -0.15) is 15.0 Å². The van der Waals surface area contributed by atoms with E-state index in [1.807, 2.05) is 0 Å². The van der Waals surface area contributed by atoms with Crippen LogP contribution < -0.4 is 0 Å². The summed E-state index contributed by atoms with van der Waals surface area (Å²) in [4.78, 5) is 27.2. The fourth-order valence-corrected chi connectivity index (χ4v) is 2.24. The first-order chi connectivity index (χ1) is 11.7. The maximum Gasteiger partial charge on any atom is 0.307 e. The summed E-state index contributed by atoms with van der Waals surface area (Å²) in [6.45, 7) is 0.518. The average Bonchev–Trinajstić information content (AvgIpc) is 3.15. The summed E-state index contributed by atoms with van der Waals surface area (Å²) in [5, 5.41) is 17.2. The molecule has 0 unspecified atom stereocenters. The molecule has 1 N–H and O–H groups in total. The number of benzene rings is 1. The lowest BCUT2D eigenvalue weighted by atomic mass is 10.1. The molecule has 1 heterocycles. The normalized spacial score (nSPS) is 10.4. The van der Waals surface area contributed by atoms with E-state index in [-0.39, 0.29) is 31.4 Å². The molecular weight excluding hydrogens is 312 g/mol. The van der Waals surface area contributed by atoms with Gasteiger partial charge in [0.1, 0.15) is 0 Å². The number of para-hydroxylation sites is 1. The third-order valence-corrected chi connectivity index (χ3v) is 3.46. The van der Waals surface area contributed by atoms with Crippen molar-refractivity contribution in [1.29, 1.82) is 0 Å². The minimum Gasteiger partial charge on any atom is -0.469 e. The molecule has 0 spiro atoms. The topological polar surface area (TPSA) is 97.6 Å². The van der Waals surface area contributed by atoms with Gasteiger partial charge in [-0.15, -0.1) is 0 Å². The summed E-state index contributed by atoms with van der Waals surface area (Å²) < 4.78 is 4.62. The van der Waals surface area contributed by atoms with Gasteiger partial charge in [0.05, 0.1) is 37.2 Å². The van der Waals surface area contributed by atoms with Crippen molar-refractivity contribution < 1.29 is 19.4 Å². The van der Waals surface area contributed by atoms with Crippen LogP contribution in [0.25, 0.3) is 5.69 Å². The van der Waals surface area contributed by atoms with Crippen LogP contribution >= 0.6 is 0 Å². The van der Waals surface area contributed by atoms with Crippen LogP contribution in [0.4, 0.5) is 0 Å². The fourth-order valence-electron chi connectivity index (χ4n) is 2.24. The Morgan fingerprint density at radius 2 is 1.92 bits per heavy atom. The minimum absolute atomic E-state index is 0.0373. The molecule has 1 aromatic heterocycles. The summed E-state index contributed by atoms with van der Waals surface area (Å²) in [6.07, 6.45) is 3.58. The molecule has 8 heteroatoms. The first kappa shape index (κ1) is 17.6. The standard InChI is InChI=1S/C16H20N4O4/c1-24-15(22)7-11-19(10-4-12-21)16(23)13-5-2-3-6-14(13)20-17-8-9-18-20/h2-3,5-6,8-9,21H,4,7,10-12H2,1H3. The number of methoxy groups -OCH3 is 1. The van der Waals surface area contributed by atoms with Crippen LogP contribution in [-0.4, -0.2) is 63.7 Å². The number of hydrogen-bond donors (Lipinski definition) is 1. The molecule has 0 atom stereocenters. The van der Waals surface area contributed by atoms with Gasteiger partial charge in [-0.05, 0) is 18.6 Å². The van der Waals surface area contributed by atoms with Crippen molar-refractivity contribution in [3.8, 4) is 5.69 Å². The van der Waals surface area contributed by atoms with Crippen LogP contribution in [0.3, 0.4) is 0 Å². The van der Waals surface area contributed by atoms with Gasteiger partial charge in [0.15, 0.2) is 0 Å². The molecule has 0 aliphatic heterocycles. The van der Waals surface area contributed by atoms with E-state index >= 15 is 0 Å². The molecule has 0 aliphatic rings. The molecule has 2 rings (SSSR count). The van der Waals surface area contributed by atoms with Crippen molar-refractivity contribution in [2.75, 3.05) is 26.8 Å². The largest absolute Gasteiger partial charge is 0.469 e. The molecule has 24 heavy (non-hydrogen) atoms. The molecule has 0 saturated heterocycles. The van der Waals surface area contributed by atoms with Crippen molar-refractivity contribution in [2.24, 2.45) is 0 Å². The monoisotopic (exact) mass is 332 g/mol. The Morgan fingerprint density at radius 3 is 2.58 bits per heavy atom. The molecule has 0 radical (unpaired) electrons. The van der Waals surface area contributed by atoms with Gasteiger partial charge < -0.3 is 14.7 Å². The van der Waals surface area contributed by atoms with Crippen LogP contribution in [0.15, 0.2) is 36.7 Å². The Hall–Kier alpha value is -2.74. The van der Waals surface area contributed by atoms with Gasteiger partial charge in [-0.3, -0.25) is 9.59 Å². The van der Waals surface area contributed by atoms with E-state index < -0.39 is 0 Å². The number of aliphatic hydroxyl groups is 1. The maximum atomic E-state index is 12.9. The zero-order valence-corrected chi connectivity index (χ0v) is 13.5. The first-order valence-corrected chi connectivity index (χ1v) is 7.60. The molecule has 1 aromatic carbocycles. The van der Waals surface area contributed by atoms with Crippen molar-refractivity contribution in [2.45, 2.75) is 12.8 Å². The lowest BCUT2D eigenvalue weighted by Crippen LogP contribution is -2.35. The van der Waals surface area contributed by atoms with E-state index in [2.05, 4.69) is 14.9 Å². The lowest BCUT2D eigenvalue weighted by Gasteiger charge is -2.23. The zero-order chi connectivity index (χ0) is 17.4. The summed E-state index contributed by atoms with van der Waals surface area (Å²) in [5.41, 5.74) is 0.982. The number of amides is 1. The predicted molar refractivity (Wildman–Crippen MR) is 85.6 cm³/mol. The summed E-state index contributed by atoms with van der Waals surface area (Å²) in [5.74, 6) is -0.640. The smallest absolute Gasteiger partial charge is 0.307 e. The third-order valence-electron chi connectivity index (χ3n) is 3.46. The molecule has 2 aromatic rings. The summed E-state index contributed by atoms with van der Waals surface area (Å²) >= 11 is 0. The number of ether oxygens (including phenoxy) is 1. The second-order valence-corrected chi connectivity index (χ2v) is 5.03. The van der Waals surface area contributed by atoms with Crippen LogP contribution in [0.1, 0.15) is 23.2 Å². The van der Waals surface area contributed by atoms with Crippen LogP contribution in [0.5, 0.6) is 0 Å². The maximum absolute atomic E-state index is 12.9. The zero-order valence-electron chi connectivity index (χ0n) is 13.5. The third kappa shape index (κ3) is 4.39. The van der Waals surface area contributed by atoms with Gasteiger partial charge in [0.25, 0.3) is 5.91 Å². The highest BCUT2D eigenvalue weighted by Gasteiger charge is 2.20. The molecule has 1 amide bonds. The molecule has 128 valence electrons. The van der Waals surface area contributed by atoms with Crippen molar-refractivity contribution in [1.82, 2.24) is 19.9 Å². The number of aliphatic hydroxyl groups excluding tert-OH is 1. The fraction of sp³-hybridized carbons (Fsp3) is 0.375. The summed E-state index contributed by atoms with van der Waals surface area (Å²) in [6, 6.07) is 6.98. The number of rotatable bonds is 8. The average molecular weight is 332 g/mol. The van der Waals surface area contributed by atoms with Gasteiger partial charge in [-0.1, -0.05) is 12.1 Å². The molecule has 0 bridgehead atoms. The van der Waals surface area contributed by atoms with Crippen molar-refractivity contribution >= 4 is 11.9 Å². The van der Waals surface area contributed by atoms with Crippen molar-refractivity contribution in [3.05, 3.63) is 42.2 Å². The van der Waals surface area contributed by atoms with E-state index in [0.717, 1.165) is 0 Å². The number of aromatic nitrogens is 3. The second kappa shape index (κ2) is 8.78. The van der Waals surface area contributed by atoms with Gasteiger partial charge >= 0.3 is 5.97 Å². The number of carbonyl (C=O) groups excluding carboxylic acids is 2. The van der Waals surface area contributed by atoms with E-state index in [1.54, 1.807) is 24.3 Å². The van der Waals surface area contributed by atoms with E-state index in [0.29, 0.717) is 24.2 Å². The molecule has 8 nitrogen and oxygen atoms in total. The Labute approximate surface area is 139 Å². The van der Waals surface area contributed by atoms with E-state index in [1.165, 1.54) is 29.2 Å². The van der Waals surface area contributed by atoms with E-state index in [9.17, 15) is 9.59 Å². The number of esters is 1. The SMILES string of the molecule is COC(=O)CCN(CCCO)C(=O)c1ccccc1-n1nccn1. The highest BCUT2D eigenvalue weighted by atomic mass is 16.5. The molecule has 0 aliphatic carbocycles. The van der Waals surface area contributed by atoms with Crippen LogP contribution in [0, 0.1) is 0 Å². The second-order valence-electron chi connectivity index (χ2n) is 5.03. The molecule has 0 saturated carbocycles. The van der Waals surface area contributed by atoms with Gasteiger partial charge in [-0.25, -0.2) is 0 Å². The van der Waals surface area contributed by atoms with Gasteiger partial charge in [0.2, 0.25) is 0 Å². The Morgan fingerprint density at radius 1 is 1.21 bits per heavy atom. The molecular formula is C16H20N4O4.